The number of nitrogens with one attached hydrogen (secondary N) is 2. The number of pyridine rings is 1. The Morgan fingerprint density at radius 1 is 0.821 bits per heavy atom. The first-order valence-corrected chi connectivity index (χ1v) is 13.0. The monoisotopic (exact) mass is 517 g/mol. The summed E-state index contributed by atoms with van der Waals surface area (Å²) in [4.78, 5) is 26.3. The molecule has 5 aromatic rings. The molecule has 5 rings (SSSR count). The number of rotatable bonds is 6. The van der Waals surface area contributed by atoms with E-state index in [9.17, 15) is 4.79 Å². The van der Waals surface area contributed by atoms with Crippen molar-refractivity contribution in [3.8, 4) is 22.9 Å². The molecule has 196 valence electrons. The van der Waals surface area contributed by atoms with Gasteiger partial charge in [-0.2, -0.15) is 0 Å². The number of hydrogen-bond donors (Lipinski definition) is 2. The van der Waals surface area contributed by atoms with Crippen LogP contribution in [0.15, 0.2) is 91.3 Å². The van der Waals surface area contributed by atoms with Crippen molar-refractivity contribution in [1.29, 1.82) is 0 Å². The van der Waals surface area contributed by atoms with Gasteiger partial charge in [0.05, 0.1) is 16.9 Å². The molecule has 0 saturated carbocycles. The van der Waals surface area contributed by atoms with Gasteiger partial charge in [-0.1, -0.05) is 64.1 Å². The van der Waals surface area contributed by atoms with Crippen LogP contribution in [-0.4, -0.2) is 21.0 Å². The van der Waals surface area contributed by atoms with Gasteiger partial charge in [-0.05, 0) is 53.4 Å². The molecule has 39 heavy (non-hydrogen) atoms. The molecule has 0 saturated heterocycles. The highest BCUT2D eigenvalue weighted by Gasteiger charge is 2.16. The molecule has 0 bridgehead atoms. The van der Waals surface area contributed by atoms with Gasteiger partial charge in [0, 0.05) is 35.3 Å². The van der Waals surface area contributed by atoms with Crippen molar-refractivity contribution in [3.05, 3.63) is 103 Å². The molecule has 0 fully saturated rings. The van der Waals surface area contributed by atoms with Crippen LogP contribution in [-0.2, 0) is 11.8 Å². The number of urea groups is 1. The van der Waals surface area contributed by atoms with E-state index in [-0.39, 0.29) is 11.4 Å². The van der Waals surface area contributed by atoms with E-state index in [1.807, 2.05) is 85.8 Å². The zero-order valence-electron chi connectivity index (χ0n) is 22.5. The molecule has 0 aliphatic rings. The predicted octanol–water partition coefficient (Wildman–Crippen LogP) is 7.99. The van der Waals surface area contributed by atoms with Crippen molar-refractivity contribution in [3.63, 3.8) is 0 Å². The summed E-state index contributed by atoms with van der Waals surface area (Å²) in [5.74, 6) is 1.83. The number of ether oxygens (including phenoxy) is 1. The van der Waals surface area contributed by atoms with Crippen molar-refractivity contribution in [2.75, 3.05) is 10.6 Å². The van der Waals surface area contributed by atoms with Crippen LogP contribution in [0, 0.1) is 0 Å². The summed E-state index contributed by atoms with van der Waals surface area (Å²) in [5, 5.41) is 7.59. The van der Waals surface area contributed by atoms with E-state index < -0.39 is 0 Å². The second-order valence-corrected chi connectivity index (χ2v) is 10.2. The summed E-state index contributed by atoms with van der Waals surface area (Å²) in [6.45, 7) is 8.50. The third-order valence-corrected chi connectivity index (χ3v) is 6.42. The smallest absolute Gasteiger partial charge is 0.323 e. The minimum Gasteiger partial charge on any atom is -0.438 e. The summed E-state index contributed by atoms with van der Waals surface area (Å²) < 4.78 is 6.35. The molecule has 7 heteroatoms. The Morgan fingerprint density at radius 2 is 1.59 bits per heavy atom. The highest BCUT2D eigenvalue weighted by Crippen LogP contribution is 2.37. The number of carbonyl (C=O) groups is 1. The van der Waals surface area contributed by atoms with E-state index in [0.29, 0.717) is 17.3 Å². The second-order valence-electron chi connectivity index (χ2n) is 10.2. The molecule has 7 nitrogen and oxygen atoms in total. The van der Waals surface area contributed by atoms with E-state index in [1.165, 1.54) is 5.56 Å². The lowest BCUT2D eigenvalue weighted by Gasteiger charge is -2.19. The van der Waals surface area contributed by atoms with Crippen LogP contribution < -0.4 is 15.4 Å². The van der Waals surface area contributed by atoms with E-state index in [1.54, 1.807) is 12.4 Å². The van der Waals surface area contributed by atoms with Crippen LogP contribution in [0.5, 0.6) is 11.6 Å². The first kappa shape index (κ1) is 25.9. The lowest BCUT2D eigenvalue weighted by molar-refractivity contribution is 0.262. The number of anilines is 2. The first-order chi connectivity index (χ1) is 18.8. The van der Waals surface area contributed by atoms with Gasteiger partial charge in [0.2, 0.25) is 5.88 Å². The first-order valence-electron chi connectivity index (χ1n) is 13.0. The van der Waals surface area contributed by atoms with Gasteiger partial charge in [0.15, 0.2) is 0 Å². The number of fused-ring (bicyclic) bond motifs is 1. The molecular weight excluding hydrogens is 486 g/mol. The zero-order chi connectivity index (χ0) is 27.4. The van der Waals surface area contributed by atoms with Gasteiger partial charge in [-0.15, -0.1) is 0 Å². The topological polar surface area (TPSA) is 89.0 Å². The third-order valence-electron chi connectivity index (χ3n) is 6.42. The Hall–Kier alpha value is -4.78. The summed E-state index contributed by atoms with van der Waals surface area (Å²) in [6.07, 6.45) is 4.17. The number of benzene rings is 3. The number of amides is 2. The molecule has 0 atom stereocenters. The Balaban J connectivity index is 1.39. The SMILES string of the molecule is CCc1nccc(-c2cccnc2Oc2ccc(NC(=O)Nc3ccc(C(C)(C)C)cc3)c3ccccc23)n1. The molecule has 3 aromatic carbocycles. The van der Waals surface area contributed by atoms with Crippen LogP contribution in [0.2, 0.25) is 0 Å². The normalized spacial score (nSPS) is 11.3. The molecule has 2 N–H and O–H groups in total. The van der Waals surface area contributed by atoms with E-state index in [2.05, 4.69) is 46.4 Å². The molecule has 0 aliphatic heterocycles. The molecule has 2 aromatic heterocycles. The standard InChI is InChI=1S/C32H31N5O2/c1-5-29-33-20-18-27(36-29)25-11-8-19-34-30(25)39-28-17-16-26(23-9-6-7-10-24(23)28)37-31(38)35-22-14-12-21(13-15-22)32(2,3)4/h6-20H,5H2,1-4H3,(H2,35,37,38). The van der Waals surface area contributed by atoms with E-state index >= 15 is 0 Å². The number of carbonyl (C=O) groups excluding carboxylic acids is 1. The average Bonchev–Trinajstić information content (AvgIpc) is 2.94. The number of aryl methyl sites for hydroxylation is 1. The van der Waals surface area contributed by atoms with Crippen LogP contribution in [0.1, 0.15) is 39.1 Å². The van der Waals surface area contributed by atoms with Crippen molar-refractivity contribution >= 4 is 28.2 Å². The fourth-order valence-electron chi connectivity index (χ4n) is 4.30. The predicted molar refractivity (Wildman–Crippen MR) is 156 cm³/mol. The van der Waals surface area contributed by atoms with Crippen LogP contribution in [0.4, 0.5) is 16.2 Å². The fourth-order valence-corrected chi connectivity index (χ4v) is 4.30. The maximum absolute atomic E-state index is 12.9. The maximum atomic E-state index is 12.9. The van der Waals surface area contributed by atoms with Crippen molar-refractivity contribution in [2.45, 2.75) is 39.5 Å². The van der Waals surface area contributed by atoms with Crippen molar-refractivity contribution < 1.29 is 9.53 Å². The van der Waals surface area contributed by atoms with E-state index in [0.717, 1.165) is 40.0 Å². The fraction of sp³-hybridized carbons (Fsp3) is 0.188. The lowest BCUT2D eigenvalue weighted by atomic mass is 9.87. The summed E-state index contributed by atoms with van der Waals surface area (Å²) >= 11 is 0. The van der Waals surface area contributed by atoms with Gasteiger partial charge < -0.3 is 15.4 Å². The summed E-state index contributed by atoms with van der Waals surface area (Å²) in [6, 6.07) is 24.7. The highest BCUT2D eigenvalue weighted by molar-refractivity contribution is 6.07. The van der Waals surface area contributed by atoms with Crippen LogP contribution in [0.3, 0.4) is 0 Å². The van der Waals surface area contributed by atoms with Gasteiger partial charge in [0.25, 0.3) is 0 Å². The Morgan fingerprint density at radius 3 is 2.33 bits per heavy atom. The minimum absolute atomic E-state index is 0.0484. The maximum Gasteiger partial charge on any atom is 0.323 e. The van der Waals surface area contributed by atoms with Crippen molar-refractivity contribution in [2.24, 2.45) is 0 Å². The highest BCUT2D eigenvalue weighted by atomic mass is 16.5. The number of aromatic nitrogens is 3. The van der Waals surface area contributed by atoms with Crippen molar-refractivity contribution in [1.82, 2.24) is 15.0 Å². The zero-order valence-corrected chi connectivity index (χ0v) is 22.5. The van der Waals surface area contributed by atoms with Gasteiger partial charge >= 0.3 is 6.03 Å². The molecule has 0 radical (unpaired) electrons. The average molecular weight is 518 g/mol. The Kier molecular flexibility index (Phi) is 7.23. The molecule has 2 heterocycles. The molecule has 2 amide bonds. The quantitative estimate of drug-likeness (QED) is 0.238. The van der Waals surface area contributed by atoms with Gasteiger partial charge in [-0.3, -0.25) is 0 Å². The summed E-state index contributed by atoms with van der Waals surface area (Å²) in [5.41, 5.74) is 4.18. The largest absolute Gasteiger partial charge is 0.438 e. The summed E-state index contributed by atoms with van der Waals surface area (Å²) in [7, 11) is 0. The third kappa shape index (κ3) is 5.88. The molecule has 0 aliphatic carbocycles. The Bertz CT molecular complexity index is 1620. The number of nitrogens with zero attached hydrogens (tertiary/aromatic N) is 3. The van der Waals surface area contributed by atoms with Crippen LogP contribution in [0.25, 0.3) is 22.0 Å². The molecule has 0 spiro atoms. The second kappa shape index (κ2) is 10.9. The number of hydrogen-bond acceptors (Lipinski definition) is 5. The van der Waals surface area contributed by atoms with Crippen LogP contribution >= 0.6 is 0 Å². The Labute approximate surface area is 228 Å². The minimum atomic E-state index is -0.320. The molecular formula is C32H31N5O2. The van der Waals surface area contributed by atoms with E-state index in [4.69, 9.17) is 4.74 Å². The lowest BCUT2D eigenvalue weighted by Crippen LogP contribution is -2.19. The van der Waals surface area contributed by atoms with Gasteiger partial charge in [-0.25, -0.2) is 19.7 Å². The molecule has 0 unspecified atom stereocenters. The van der Waals surface area contributed by atoms with Gasteiger partial charge in [0.1, 0.15) is 11.6 Å².